The fraction of sp³-hybridized carbons (Fsp3) is 0.500. The Morgan fingerprint density at radius 1 is 1.44 bits per heavy atom. The number of rotatable bonds is 2. The molecule has 0 bridgehead atoms. The Kier molecular flexibility index (Phi) is 3.39. The van der Waals surface area contributed by atoms with E-state index < -0.39 is 0 Å². The summed E-state index contributed by atoms with van der Waals surface area (Å²) in [5.74, 6) is 1.76. The fourth-order valence-corrected chi connectivity index (χ4v) is 3.41. The van der Waals surface area contributed by atoms with Crippen LogP contribution in [0.5, 0.6) is 0 Å². The Balaban J connectivity index is 1.99. The number of likely N-dealkylation sites (tertiary alicyclic amines) is 1. The fourth-order valence-electron chi connectivity index (χ4n) is 2.87. The molecule has 18 heavy (non-hydrogen) atoms. The quantitative estimate of drug-likeness (QED) is 0.794. The number of aromatic nitrogens is 2. The van der Waals surface area contributed by atoms with Gasteiger partial charge in [-0.15, -0.1) is 0 Å². The molecule has 0 aliphatic carbocycles. The smallest absolute Gasteiger partial charge is 0.118 e. The molecular formula is C14H18BrN3. The number of hydrogen-bond donors (Lipinski definition) is 0. The molecule has 0 N–H and O–H groups in total. The summed E-state index contributed by atoms with van der Waals surface area (Å²) in [5, 5.41) is 0. The lowest BCUT2D eigenvalue weighted by atomic mass is 9.97. The van der Waals surface area contributed by atoms with Crippen LogP contribution < -0.4 is 0 Å². The molecule has 1 aliphatic rings. The van der Waals surface area contributed by atoms with E-state index in [0.717, 1.165) is 17.7 Å². The van der Waals surface area contributed by atoms with Crippen LogP contribution in [0, 0.1) is 0 Å². The van der Waals surface area contributed by atoms with Gasteiger partial charge in [-0.3, -0.25) is 4.40 Å². The summed E-state index contributed by atoms with van der Waals surface area (Å²) in [7, 11) is 0. The summed E-state index contributed by atoms with van der Waals surface area (Å²) in [4.78, 5) is 7.17. The Labute approximate surface area is 116 Å². The van der Waals surface area contributed by atoms with Gasteiger partial charge >= 0.3 is 0 Å². The van der Waals surface area contributed by atoms with E-state index in [0.29, 0.717) is 5.92 Å². The second kappa shape index (κ2) is 5.02. The maximum Gasteiger partial charge on any atom is 0.118 e. The molecule has 1 unspecified atom stereocenters. The SMILES string of the molecule is CCN1CCCC(c2ncc3cccc(Br)n23)C1. The largest absolute Gasteiger partial charge is 0.303 e. The molecule has 96 valence electrons. The summed E-state index contributed by atoms with van der Waals surface area (Å²) in [5.41, 5.74) is 1.17. The van der Waals surface area contributed by atoms with Crippen molar-refractivity contribution in [3.8, 4) is 0 Å². The number of hydrogen-bond acceptors (Lipinski definition) is 2. The lowest BCUT2D eigenvalue weighted by molar-refractivity contribution is 0.213. The van der Waals surface area contributed by atoms with Crippen molar-refractivity contribution in [2.24, 2.45) is 0 Å². The van der Waals surface area contributed by atoms with Crippen molar-refractivity contribution in [3.63, 3.8) is 0 Å². The molecule has 2 aromatic rings. The van der Waals surface area contributed by atoms with E-state index in [1.807, 2.05) is 6.20 Å². The highest BCUT2D eigenvalue weighted by Crippen LogP contribution is 2.28. The van der Waals surface area contributed by atoms with Gasteiger partial charge in [0.25, 0.3) is 0 Å². The average Bonchev–Trinajstić information content (AvgIpc) is 2.84. The summed E-state index contributed by atoms with van der Waals surface area (Å²) in [6, 6.07) is 6.25. The molecule has 1 saturated heterocycles. The molecular weight excluding hydrogens is 290 g/mol. The zero-order chi connectivity index (χ0) is 12.5. The summed E-state index contributed by atoms with van der Waals surface area (Å²) in [6.07, 6.45) is 4.50. The van der Waals surface area contributed by atoms with Crippen LogP contribution in [0.2, 0.25) is 0 Å². The highest BCUT2D eigenvalue weighted by atomic mass is 79.9. The van der Waals surface area contributed by atoms with Crippen molar-refractivity contribution in [3.05, 3.63) is 34.8 Å². The van der Waals surface area contributed by atoms with Gasteiger partial charge in [0.2, 0.25) is 0 Å². The highest BCUT2D eigenvalue weighted by molar-refractivity contribution is 9.10. The summed E-state index contributed by atoms with van der Waals surface area (Å²) < 4.78 is 3.34. The lowest BCUT2D eigenvalue weighted by Crippen LogP contribution is -2.34. The number of nitrogens with zero attached hydrogens (tertiary/aromatic N) is 3. The molecule has 0 aromatic carbocycles. The zero-order valence-corrected chi connectivity index (χ0v) is 12.2. The third-order valence-electron chi connectivity index (χ3n) is 3.85. The first-order valence-corrected chi connectivity index (χ1v) is 7.43. The predicted molar refractivity (Wildman–Crippen MR) is 77.0 cm³/mol. The lowest BCUT2D eigenvalue weighted by Gasteiger charge is -2.31. The van der Waals surface area contributed by atoms with E-state index in [1.165, 1.54) is 30.7 Å². The summed E-state index contributed by atoms with van der Waals surface area (Å²) >= 11 is 3.64. The van der Waals surface area contributed by atoms with Crippen molar-refractivity contribution in [2.75, 3.05) is 19.6 Å². The number of imidazole rings is 1. The molecule has 3 nitrogen and oxygen atoms in total. The monoisotopic (exact) mass is 307 g/mol. The first-order valence-electron chi connectivity index (χ1n) is 6.64. The van der Waals surface area contributed by atoms with Crippen molar-refractivity contribution in [1.82, 2.24) is 14.3 Å². The minimum atomic E-state index is 0.555. The Bertz CT molecular complexity index is 549. The van der Waals surface area contributed by atoms with Gasteiger partial charge in [-0.2, -0.15) is 0 Å². The van der Waals surface area contributed by atoms with Gasteiger partial charge in [0.1, 0.15) is 5.82 Å². The first kappa shape index (κ1) is 12.2. The zero-order valence-electron chi connectivity index (χ0n) is 10.6. The Morgan fingerprint density at radius 3 is 3.17 bits per heavy atom. The van der Waals surface area contributed by atoms with Gasteiger partial charge < -0.3 is 4.90 Å². The minimum Gasteiger partial charge on any atom is -0.303 e. The van der Waals surface area contributed by atoms with Crippen LogP contribution in [0.3, 0.4) is 0 Å². The maximum absolute atomic E-state index is 4.65. The van der Waals surface area contributed by atoms with Crippen LogP contribution in [-0.2, 0) is 0 Å². The van der Waals surface area contributed by atoms with Gasteiger partial charge in [0.15, 0.2) is 0 Å². The second-order valence-electron chi connectivity index (χ2n) is 4.96. The molecule has 0 radical (unpaired) electrons. The van der Waals surface area contributed by atoms with Crippen molar-refractivity contribution in [1.29, 1.82) is 0 Å². The van der Waals surface area contributed by atoms with E-state index in [2.05, 4.69) is 55.3 Å². The van der Waals surface area contributed by atoms with Crippen molar-refractivity contribution >= 4 is 21.4 Å². The summed E-state index contributed by atoms with van der Waals surface area (Å²) in [6.45, 7) is 5.75. The van der Waals surface area contributed by atoms with Crippen molar-refractivity contribution < 1.29 is 0 Å². The molecule has 0 spiro atoms. The van der Waals surface area contributed by atoms with Crippen LogP contribution in [0.15, 0.2) is 29.0 Å². The molecule has 4 heteroatoms. The number of pyridine rings is 1. The third-order valence-corrected chi connectivity index (χ3v) is 4.47. The number of piperidine rings is 1. The Morgan fingerprint density at radius 2 is 2.33 bits per heavy atom. The molecule has 1 aliphatic heterocycles. The van der Waals surface area contributed by atoms with E-state index >= 15 is 0 Å². The topological polar surface area (TPSA) is 20.5 Å². The molecule has 0 saturated carbocycles. The first-order chi connectivity index (χ1) is 8.79. The molecule has 3 heterocycles. The van der Waals surface area contributed by atoms with Crippen LogP contribution in [0.1, 0.15) is 31.5 Å². The number of fused-ring (bicyclic) bond motifs is 1. The predicted octanol–water partition coefficient (Wildman–Crippen LogP) is 3.30. The van der Waals surface area contributed by atoms with Gasteiger partial charge in [0, 0.05) is 12.5 Å². The number of likely N-dealkylation sites (N-methyl/N-ethyl adjacent to an activating group) is 1. The van der Waals surface area contributed by atoms with Crippen LogP contribution in [-0.4, -0.2) is 33.9 Å². The van der Waals surface area contributed by atoms with Gasteiger partial charge in [-0.05, 0) is 54.0 Å². The van der Waals surface area contributed by atoms with Gasteiger partial charge in [-0.25, -0.2) is 4.98 Å². The average molecular weight is 308 g/mol. The van der Waals surface area contributed by atoms with Crippen molar-refractivity contribution in [2.45, 2.75) is 25.7 Å². The van der Waals surface area contributed by atoms with Gasteiger partial charge in [-0.1, -0.05) is 13.0 Å². The highest BCUT2D eigenvalue weighted by Gasteiger charge is 2.24. The van der Waals surface area contributed by atoms with E-state index in [4.69, 9.17) is 0 Å². The molecule has 1 atom stereocenters. The second-order valence-corrected chi connectivity index (χ2v) is 5.77. The van der Waals surface area contributed by atoms with E-state index in [-0.39, 0.29) is 0 Å². The number of halogens is 1. The molecule has 3 rings (SSSR count). The Hall–Kier alpha value is -0.870. The van der Waals surface area contributed by atoms with Gasteiger partial charge in [0.05, 0.1) is 16.3 Å². The minimum absolute atomic E-state index is 0.555. The third kappa shape index (κ3) is 2.08. The molecule has 2 aromatic heterocycles. The van der Waals surface area contributed by atoms with E-state index in [9.17, 15) is 0 Å². The molecule has 0 amide bonds. The normalized spacial score (nSPS) is 21.6. The van der Waals surface area contributed by atoms with Crippen LogP contribution in [0.25, 0.3) is 5.52 Å². The van der Waals surface area contributed by atoms with E-state index in [1.54, 1.807) is 0 Å². The standard InChI is InChI=1S/C14H18BrN3/c1-2-17-8-4-5-11(10-17)14-16-9-12-6-3-7-13(15)18(12)14/h3,6-7,9,11H,2,4-5,8,10H2,1H3. The van der Waals surface area contributed by atoms with Crippen LogP contribution >= 0.6 is 15.9 Å². The maximum atomic E-state index is 4.65. The van der Waals surface area contributed by atoms with Crippen LogP contribution in [0.4, 0.5) is 0 Å². The molecule has 1 fully saturated rings.